The van der Waals surface area contributed by atoms with Gasteiger partial charge < -0.3 is 4.74 Å². The number of nitrogens with one attached hydrogen (secondary N) is 1. The van der Waals surface area contributed by atoms with Crippen molar-refractivity contribution >= 4 is 21.9 Å². The van der Waals surface area contributed by atoms with Crippen LogP contribution in [0.5, 0.6) is 0 Å². The first kappa shape index (κ1) is 15.9. The molecule has 0 fully saturated rings. The van der Waals surface area contributed by atoms with Crippen molar-refractivity contribution < 1.29 is 9.53 Å². The van der Waals surface area contributed by atoms with Crippen LogP contribution in [-0.4, -0.2) is 24.7 Å². The standard InChI is InChI=1S/C15H20BrNO2/c1-4-10-17-15(3,14(18)19-5-2)11-12-6-8-13(16)9-7-12/h4,6-9,17H,1,5,10-11H2,2-3H3. The molecule has 1 aromatic rings. The van der Waals surface area contributed by atoms with Gasteiger partial charge in [0.05, 0.1) is 6.61 Å². The minimum absolute atomic E-state index is 0.236. The van der Waals surface area contributed by atoms with E-state index in [9.17, 15) is 4.79 Å². The number of ether oxygens (including phenoxy) is 1. The van der Waals surface area contributed by atoms with Crippen molar-refractivity contribution in [3.63, 3.8) is 0 Å². The van der Waals surface area contributed by atoms with E-state index in [2.05, 4.69) is 27.8 Å². The van der Waals surface area contributed by atoms with Crippen LogP contribution < -0.4 is 5.32 Å². The molecule has 0 aliphatic carbocycles. The summed E-state index contributed by atoms with van der Waals surface area (Å²) in [6.45, 7) is 8.28. The zero-order valence-electron chi connectivity index (χ0n) is 11.4. The third kappa shape index (κ3) is 4.80. The third-order valence-electron chi connectivity index (χ3n) is 2.83. The lowest BCUT2D eigenvalue weighted by molar-refractivity contribution is -0.150. The summed E-state index contributed by atoms with van der Waals surface area (Å²) < 4.78 is 6.18. The van der Waals surface area contributed by atoms with Gasteiger partial charge in [0, 0.05) is 17.4 Å². The minimum atomic E-state index is -0.738. The number of hydrogen-bond acceptors (Lipinski definition) is 3. The summed E-state index contributed by atoms with van der Waals surface area (Å²) in [5.41, 5.74) is 0.341. The molecule has 19 heavy (non-hydrogen) atoms. The first-order valence-electron chi connectivity index (χ1n) is 6.29. The van der Waals surface area contributed by atoms with Crippen molar-refractivity contribution in [1.82, 2.24) is 5.32 Å². The summed E-state index contributed by atoms with van der Waals surface area (Å²) in [5.74, 6) is -0.236. The molecule has 1 unspecified atom stereocenters. The number of carbonyl (C=O) groups excluding carboxylic acids is 1. The molecular formula is C15H20BrNO2. The summed E-state index contributed by atoms with van der Waals surface area (Å²) >= 11 is 3.40. The third-order valence-corrected chi connectivity index (χ3v) is 3.36. The van der Waals surface area contributed by atoms with Crippen molar-refractivity contribution in [2.24, 2.45) is 0 Å². The SMILES string of the molecule is C=CCNC(C)(Cc1ccc(Br)cc1)C(=O)OCC. The molecule has 104 valence electrons. The second kappa shape index (κ2) is 7.46. The molecule has 0 amide bonds. The van der Waals surface area contributed by atoms with Crippen molar-refractivity contribution in [2.75, 3.05) is 13.2 Å². The largest absolute Gasteiger partial charge is 0.465 e. The highest BCUT2D eigenvalue weighted by molar-refractivity contribution is 9.10. The van der Waals surface area contributed by atoms with Gasteiger partial charge in [-0.25, -0.2) is 0 Å². The fourth-order valence-electron chi connectivity index (χ4n) is 1.81. The molecule has 0 aliphatic heterocycles. The molecule has 0 radical (unpaired) electrons. The van der Waals surface area contributed by atoms with Gasteiger partial charge in [0.1, 0.15) is 5.54 Å². The molecule has 0 spiro atoms. The van der Waals surface area contributed by atoms with Crippen molar-refractivity contribution in [3.05, 3.63) is 47.0 Å². The fraction of sp³-hybridized carbons (Fsp3) is 0.400. The Morgan fingerprint density at radius 2 is 2.11 bits per heavy atom. The van der Waals surface area contributed by atoms with Crippen LogP contribution in [0, 0.1) is 0 Å². The molecule has 4 heteroatoms. The zero-order chi connectivity index (χ0) is 14.3. The number of carbonyl (C=O) groups is 1. The number of hydrogen-bond donors (Lipinski definition) is 1. The van der Waals surface area contributed by atoms with Crippen LogP contribution >= 0.6 is 15.9 Å². The fourth-order valence-corrected chi connectivity index (χ4v) is 2.07. The Hall–Kier alpha value is -1.13. The van der Waals surface area contributed by atoms with E-state index in [-0.39, 0.29) is 5.97 Å². The van der Waals surface area contributed by atoms with Gasteiger partial charge in [-0.2, -0.15) is 0 Å². The molecule has 1 aromatic carbocycles. The molecule has 0 aromatic heterocycles. The quantitative estimate of drug-likeness (QED) is 0.618. The lowest BCUT2D eigenvalue weighted by Gasteiger charge is -2.28. The van der Waals surface area contributed by atoms with E-state index in [1.165, 1.54) is 0 Å². The predicted molar refractivity (Wildman–Crippen MR) is 81.1 cm³/mol. The van der Waals surface area contributed by atoms with Gasteiger partial charge >= 0.3 is 5.97 Å². The second-order valence-corrected chi connectivity index (χ2v) is 5.44. The van der Waals surface area contributed by atoms with Gasteiger partial charge in [0.25, 0.3) is 0 Å². The summed E-state index contributed by atoms with van der Waals surface area (Å²) in [7, 11) is 0. The smallest absolute Gasteiger partial charge is 0.326 e. The second-order valence-electron chi connectivity index (χ2n) is 4.53. The Labute approximate surface area is 123 Å². The molecule has 1 N–H and O–H groups in total. The van der Waals surface area contributed by atoms with Gasteiger partial charge in [-0.15, -0.1) is 6.58 Å². The summed E-state index contributed by atoms with van der Waals surface area (Å²) in [6.07, 6.45) is 2.31. The van der Waals surface area contributed by atoms with Crippen LogP contribution in [0.4, 0.5) is 0 Å². The number of benzene rings is 1. The average molecular weight is 326 g/mol. The van der Waals surface area contributed by atoms with Crippen LogP contribution in [0.25, 0.3) is 0 Å². The number of halogens is 1. The summed E-state index contributed by atoms with van der Waals surface area (Å²) in [5, 5.41) is 3.19. The van der Waals surface area contributed by atoms with E-state index in [1.807, 2.05) is 38.1 Å². The molecule has 0 saturated carbocycles. The summed E-state index contributed by atoms with van der Waals surface area (Å²) in [6, 6.07) is 7.93. The Kier molecular flexibility index (Phi) is 6.25. The first-order valence-corrected chi connectivity index (χ1v) is 7.08. The van der Waals surface area contributed by atoms with Gasteiger partial charge in [-0.1, -0.05) is 34.1 Å². The highest BCUT2D eigenvalue weighted by Crippen LogP contribution is 2.18. The maximum absolute atomic E-state index is 12.1. The van der Waals surface area contributed by atoms with Crippen LogP contribution in [0.15, 0.2) is 41.4 Å². The minimum Gasteiger partial charge on any atom is -0.465 e. The zero-order valence-corrected chi connectivity index (χ0v) is 13.0. The Morgan fingerprint density at radius 1 is 1.47 bits per heavy atom. The molecule has 0 aliphatic rings. The molecular weight excluding hydrogens is 306 g/mol. The van der Waals surface area contributed by atoms with Crippen molar-refractivity contribution in [2.45, 2.75) is 25.8 Å². The average Bonchev–Trinajstić information content (AvgIpc) is 2.39. The van der Waals surface area contributed by atoms with E-state index >= 15 is 0 Å². The maximum atomic E-state index is 12.1. The van der Waals surface area contributed by atoms with Crippen LogP contribution in [0.3, 0.4) is 0 Å². The Morgan fingerprint density at radius 3 is 2.63 bits per heavy atom. The highest BCUT2D eigenvalue weighted by Gasteiger charge is 2.34. The predicted octanol–water partition coefficient (Wildman–Crippen LogP) is 3.09. The van der Waals surface area contributed by atoms with Crippen LogP contribution in [0.1, 0.15) is 19.4 Å². The van der Waals surface area contributed by atoms with Crippen molar-refractivity contribution in [3.8, 4) is 0 Å². The topological polar surface area (TPSA) is 38.3 Å². The van der Waals surface area contributed by atoms with Gasteiger partial charge in [-0.05, 0) is 31.5 Å². The molecule has 0 saturated heterocycles. The lowest BCUT2D eigenvalue weighted by Crippen LogP contribution is -2.52. The monoisotopic (exact) mass is 325 g/mol. The Bertz CT molecular complexity index is 430. The van der Waals surface area contributed by atoms with E-state index in [4.69, 9.17) is 4.74 Å². The number of rotatable bonds is 7. The first-order chi connectivity index (χ1) is 9.01. The summed E-state index contributed by atoms with van der Waals surface area (Å²) in [4.78, 5) is 12.1. The lowest BCUT2D eigenvalue weighted by atomic mass is 9.92. The Balaban J connectivity index is 2.86. The highest BCUT2D eigenvalue weighted by atomic mass is 79.9. The van der Waals surface area contributed by atoms with Gasteiger partial charge in [0.2, 0.25) is 0 Å². The number of esters is 1. The molecule has 1 atom stereocenters. The van der Waals surface area contributed by atoms with Gasteiger partial charge in [0.15, 0.2) is 0 Å². The maximum Gasteiger partial charge on any atom is 0.326 e. The van der Waals surface area contributed by atoms with E-state index in [0.717, 1.165) is 10.0 Å². The van der Waals surface area contributed by atoms with E-state index in [1.54, 1.807) is 6.08 Å². The molecule has 1 rings (SSSR count). The van der Waals surface area contributed by atoms with Crippen LogP contribution in [-0.2, 0) is 16.0 Å². The molecule has 3 nitrogen and oxygen atoms in total. The van der Waals surface area contributed by atoms with Crippen molar-refractivity contribution in [1.29, 1.82) is 0 Å². The van der Waals surface area contributed by atoms with E-state index in [0.29, 0.717) is 19.6 Å². The molecule has 0 bridgehead atoms. The van der Waals surface area contributed by atoms with Crippen LogP contribution in [0.2, 0.25) is 0 Å². The normalized spacial score (nSPS) is 13.6. The van der Waals surface area contributed by atoms with E-state index < -0.39 is 5.54 Å². The molecule has 0 heterocycles. The van der Waals surface area contributed by atoms with Gasteiger partial charge in [-0.3, -0.25) is 10.1 Å².